The average molecular weight is 529 g/mol. The molecule has 0 aliphatic carbocycles. The second-order valence-electron chi connectivity index (χ2n) is 9.75. The number of primary amides is 1. The molecule has 1 unspecified atom stereocenters. The van der Waals surface area contributed by atoms with Crippen molar-refractivity contribution in [1.82, 2.24) is 4.90 Å². The van der Waals surface area contributed by atoms with Crippen LogP contribution in [0.1, 0.15) is 43.2 Å². The van der Waals surface area contributed by atoms with Gasteiger partial charge in [0.2, 0.25) is 5.91 Å². The van der Waals surface area contributed by atoms with E-state index in [9.17, 15) is 14.4 Å². The predicted octanol–water partition coefficient (Wildman–Crippen LogP) is 4.91. The molecule has 0 aromatic heterocycles. The monoisotopic (exact) mass is 528 g/mol. The van der Waals surface area contributed by atoms with Gasteiger partial charge in [-0.1, -0.05) is 73.7 Å². The van der Waals surface area contributed by atoms with Crippen LogP contribution >= 0.6 is 0 Å². The fraction of sp³-hybridized carbons (Fsp3) is 0.323. The quantitative estimate of drug-likeness (QED) is 0.364. The summed E-state index contributed by atoms with van der Waals surface area (Å²) in [5.41, 5.74) is 8.44. The zero-order valence-corrected chi connectivity index (χ0v) is 22.3. The van der Waals surface area contributed by atoms with Gasteiger partial charge in [0.1, 0.15) is 6.61 Å². The summed E-state index contributed by atoms with van der Waals surface area (Å²) in [6, 6.07) is 26.0. The zero-order chi connectivity index (χ0) is 27.6. The van der Waals surface area contributed by atoms with Crippen molar-refractivity contribution in [3.63, 3.8) is 0 Å². The van der Waals surface area contributed by atoms with Gasteiger partial charge in [0.25, 0.3) is 0 Å². The van der Waals surface area contributed by atoms with Crippen LogP contribution < -0.4 is 16.0 Å². The minimum atomic E-state index is -0.649. The van der Waals surface area contributed by atoms with Crippen LogP contribution in [0.3, 0.4) is 0 Å². The number of esters is 1. The molecule has 39 heavy (non-hydrogen) atoms. The summed E-state index contributed by atoms with van der Waals surface area (Å²) in [5.74, 6) is -0.624. The number of ether oxygens (including phenoxy) is 1. The molecule has 0 spiro atoms. The number of amides is 3. The molecular formula is C31H36N4O4. The molecule has 1 saturated heterocycles. The van der Waals surface area contributed by atoms with Gasteiger partial charge in [-0.2, -0.15) is 0 Å². The number of anilines is 2. The van der Waals surface area contributed by atoms with E-state index in [0.29, 0.717) is 18.7 Å². The van der Waals surface area contributed by atoms with E-state index in [0.717, 1.165) is 42.7 Å². The summed E-state index contributed by atoms with van der Waals surface area (Å²) < 4.78 is 5.73. The van der Waals surface area contributed by atoms with Crippen molar-refractivity contribution in [2.24, 2.45) is 5.73 Å². The number of nitrogens with zero attached hydrogens (tertiary/aromatic N) is 2. The standard InChI is InChI=1S/C31H36N4O4/c1-2-29(36)35(27-15-9-14-25(20-27)33-31(32)38)26-16-18-34(19-17-26)21-28(24-12-7-4-8-13-24)30(37)39-22-23-10-5-3-6-11-23/h3-15,20,26,28H,2,16-19,21-22H2,1H3,(H3,32,33,38). The average Bonchev–Trinajstić information content (AvgIpc) is 2.96. The van der Waals surface area contributed by atoms with Crippen LogP contribution in [0.25, 0.3) is 0 Å². The molecule has 3 aromatic rings. The van der Waals surface area contributed by atoms with Gasteiger partial charge >= 0.3 is 12.0 Å². The number of carbonyl (C=O) groups excluding carboxylic acids is 3. The first-order valence-electron chi connectivity index (χ1n) is 13.4. The van der Waals surface area contributed by atoms with Gasteiger partial charge in [-0.05, 0) is 42.2 Å². The zero-order valence-electron chi connectivity index (χ0n) is 22.3. The number of likely N-dealkylation sites (tertiary alicyclic amines) is 1. The van der Waals surface area contributed by atoms with Crippen molar-refractivity contribution in [2.75, 3.05) is 29.9 Å². The molecule has 1 fully saturated rings. The lowest BCUT2D eigenvalue weighted by molar-refractivity contribution is -0.147. The van der Waals surface area contributed by atoms with E-state index in [1.165, 1.54) is 0 Å². The minimum absolute atomic E-state index is 0.0118. The Kier molecular flexibility index (Phi) is 9.69. The minimum Gasteiger partial charge on any atom is -0.460 e. The van der Waals surface area contributed by atoms with E-state index >= 15 is 0 Å². The third-order valence-electron chi connectivity index (χ3n) is 7.04. The van der Waals surface area contributed by atoms with Crippen LogP contribution in [-0.2, 0) is 20.9 Å². The lowest BCUT2D eigenvalue weighted by atomic mass is 9.96. The maximum atomic E-state index is 13.2. The molecule has 3 aromatic carbocycles. The first kappa shape index (κ1) is 27.9. The molecule has 1 aliphatic rings. The summed E-state index contributed by atoms with van der Waals surface area (Å²) in [6.45, 7) is 4.12. The Morgan fingerprint density at radius 1 is 0.974 bits per heavy atom. The van der Waals surface area contributed by atoms with Crippen LogP contribution in [0.2, 0.25) is 0 Å². The third kappa shape index (κ3) is 7.67. The van der Waals surface area contributed by atoms with Crippen molar-refractivity contribution < 1.29 is 19.1 Å². The van der Waals surface area contributed by atoms with Gasteiger partial charge < -0.3 is 25.6 Å². The number of benzene rings is 3. The van der Waals surface area contributed by atoms with E-state index in [2.05, 4.69) is 10.2 Å². The Labute approximate surface area is 229 Å². The van der Waals surface area contributed by atoms with Gasteiger partial charge in [-0.15, -0.1) is 0 Å². The molecule has 3 amide bonds. The number of hydrogen-bond acceptors (Lipinski definition) is 5. The second kappa shape index (κ2) is 13.6. The largest absolute Gasteiger partial charge is 0.460 e. The summed E-state index contributed by atoms with van der Waals surface area (Å²) in [4.78, 5) is 41.7. The molecule has 0 radical (unpaired) electrons. The normalized spacial score (nSPS) is 14.8. The van der Waals surface area contributed by atoms with Gasteiger partial charge in [0.05, 0.1) is 5.92 Å². The fourth-order valence-corrected chi connectivity index (χ4v) is 5.05. The van der Waals surface area contributed by atoms with E-state index in [1.807, 2.05) is 78.6 Å². The van der Waals surface area contributed by atoms with Crippen molar-refractivity contribution in [3.05, 3.63) is 96.1 Å². The summed E-state index contributed by atoms with van der Waals surface area (Å²) >= 11 is 0. The molecule has 1 atom stereocenters. The lowest BCUT2D eigenvalue weighted by Gasteiger charge is -2.39. The predicted molar refractivity (Wildman–Crippen MR) is 152 cm³/mol. The molecule has 0 saturated carbocycles. The van der Waals surface area contributed by atoms with E-state index in [1.54, 1.807) is 18.2 Å². The highest BCUT2D eigenvalue weighted by molar-refractivity contribution is 5.95. The Morgan fingerprint density at radius 2 is 1.64 bits per heavy atom. The molecule has 204 valence electrons. The SMILES string of the molecule is CCC(=O)N(c1cccc(NC(N)=O)c1)C1CCN(CC(C(=O)OCc2ccccc2)c2ccccc2)CC1. The molecule has 1 heterocycles. The van der Waals surface area contributed by atoms with Gasteiger partial charge in [0.15, 0.2) is 0 Å². The molecule has 8 heteroatoms. The Hall–Kier alpha value is -4.17. The molecule has 4 rings (SSSR count). The smallest absolute Gasteiger partial charge is 0.316 e. The number of nitrogens with one attached hydrogen (secondary N) is 1. The highest BCUT2D eigenvalue weighted by Crippen LogP contribution is 2.28. The van der Waals surface area contributed by atoms with Crippen LogP contribution in [0.5, 0.6) is 0 Å². The number of urea groups is 1. The van der Waals surface area contributed by atoms with Crippen molar-refractivity contribution in [2.45, 2.75) is 44.8 Å². The Bertz CT molecular complexity index is 1240. The second-order valence-corrected chi connectivity index (χ2v) is 9.75. The fourth-order valence-electron chi connectivity index (χ4n) is 5.05. The van der Waals surface area contributed by atoms with Crippen molar-refractivity contribution in [1.29, 1.82) is 0 Å². The maximum absolute atomic E-state index is 13.2. The number of hydrogen-bond donors (Lipinski definition) is 2. The number of carbonyl (C=O) groups is 3. The highest BCUT2D eigenvalue weighted by atomic mass is 16.5. The Morgan fingerprint density at radius 3 is 2.28 bits per heavy atom. The van der Waals surface area contributed by atoms with E-state index < -0.39 is 11.9 Å². The highest BCUT2D eigenvalue weighted by Gasteiger charge is 2.31. The van der Waals surface area contributed by atoms with Crippen LogP contribution in [0.15, 0.2) is 84.9 Å². The van der Waals surface area contributed by atoms with Crippen molar-refractivity contribution in [3.8, 4) is 0 Å². The number of piperidine rings is 1. The van der Waals surface area contributed by atoms with Gasteiger partial charge in [-0.3, -0.25) is 9.59 Å². The van der Waals surface area contributed by atoms with Crippen LogP contribution in [0, 0.1) is 0 Å². The Balaban J connectivity index is 1.43. The summed E-state index contributed by atoms with van der Waals surface area (Å²) in [7, 11) is 0. The first-order chi connectivity index (χ1) is 18.9. The van der Waals surface area contributed by atoms with Crippen LogP contribution in [0.4, 0.5) is 16.2 Å². The van der Waals surface area contributed by atoms with E-state index in [4.69, 9.17) is 10.5 Å². The number of nitrogens with two attached hydrogens (primary N) is 1. The first-order valence-corrected chi connectivity index (χ1v) is 13.4. The molecule has 1 aliphatic heterocycles. The lowest BCUT2D eigenvalue weighted by Crippen LogP contribution is -2.48. The van der Waals surface area contributed by atoms with Crippen molar-refractivity contribution >= 4 is 29.3 Å². The summed E-state index contributed by atoms with van der Waals surface area (Å²) in [5, 5.41) is 2.58. The summed E-state index contributed by atoms with van der Waals surface area (Å²) in [6.07, 6.45) is 1.90. The van der Waals surface area contributed by atoms with E-state index in [-0.39, 0.29) is 24.5 Å². The topological polar surface area (TPSA) is 105 Å². The van der Waals surface area contributed by atoms with Crippen LogP contribution in [-0.4, -0.2) is 48.5 Å². The number of rotatable bonds is 10. The molecule has 0 bridgehead atoms. The molecule has 8 nitrogen and oxygen atoms in total. The third-order valence-corrected chi connectivity index (χ3v) is 7.04. The molecular weight excluding hydrogens is 492 g/mol. The molecule has 3 N–H and O–H groups in total. The maximum Gasteiger partial charge on any atom is 0.316 e. The van der Waals surface area contributed by atoms with Gasteiger partial charge in [-0.25, -0.2) is 4.79 Å². The van der Waals surface area contributed by atoms with Gasteiger partial charge in [0, 0.05) is 43.5 Å².